The maximum atomic E-state index is 12.5. The van der Waals surface area contributed by atoms with Crippen molar-refractivity contribution in [3.63, 3.8) is 0 Å². The van der Waals surface area contributed by atoms with Crippen molar-refractivity contribution in [2.45, 2.75) is 19.4 Å². The van der Waals surface area contributed by atoms with Crippen molar-refractivity contribution in [1.82, 2.24) is 10.2 Å². The fourth-order valence-electron chi connectivity index (χ4n) is 3.28. The van der Waals surface area contributed by atoms with E-state index < -0.39 is 5.60 Å². The van der Waals surface area contributed by atoms with E-state index in [-0.39, 0.29) is 5.91 Å². The van der Waals surface area contributed by atoms with Crippen LogP contribution >= 0.6 is 0 Å². The van der Waals surface area contributed by atoms with Crippen LogP contribution in [0, 0.1) is 0 Å². The maximum Gasteiger partial charge on any atom is 0.255 e. The van der Waals surface area contributed by atoms with Crippen LogP contribution in [0.5, 0.6) is 5.75 Å². The summed E-state index contributed by atoms with van der Waals surface area (Å²) in [6.07, 6.45) is 0. The SMILES string of the molecule is COc1cccc(C(=O)Nc2ccc(Nc3ccc(-c4cc(C(C)(C)O)[nH]n4)cc3)cc2)c1. The first kappa shape index (κ1) is 22.1. The van der Waals surface area contributed by atoms with E-state index in [1.54, 1.807) is 45.2 Å². The summed E-state index contributed by atoms with van der Waals surface area (Å²) in [5.74, 6) is 0.439. The summed E-state index contributed by atoms with van der Waals surface area (Å²) in [6.45, 7) is 3.43. The highest BCUT2D eigenvalue weighted by atomic mass is 16.5. The van der Waals surface area contributed by atoms with Crippen molar-refractivity contribution in [1.29, 1.82) is 0 Å². The second kappa shape index (κ2) is 9.18. The molecule has 0 atom stereocenters. The van der Waals surface area contributed by atoms with Crippen molar-refractivity contribution in [2.24, 2.45) is 0 Å². The lowest BCUT2D eigenvalue weighted by atomic mass is 10.0. The number of aliphatic hydroxyl groups is 1. The predicted molar refractivity (Wildman–Crippen MR) is 130 cm³/mol. The number of ether oxygens (including phenoxy) is 1. The van der Waals surface area contributed by atoms with E-state index in [1.165, 1.54) is 0 Å². The minimum atomic E-state index is -0.966. The Kier molecular flexibility index (Phi) is 6.15. The molecule has 1 aromatic heterocycles. The first-order valence-corrected chi connectivity index (χ1v) is 10.5. The number of hydrogen-bond donors (Lipinski definition) is 4. The quantitative estimate of drug-likeness (QED) is 0.311. The number of rotatable bonds is 7. The molecule has 0 saturated carbocycles. The Morgan fingerprint density at radius 1 is 0.939 bits per heavy atom. The molecule has 4 aromatic rings. The molecule has 3 aromatic carbocycles. The van der Waals surface area contributed by atoms with Crippen LogP contribution in [-0.4, -0.2) is 28.3 Å². The highest BCUT2D eigenvalue weighted by Crippen LogP contribution is 2.26. The zero-order valence-electron chi connectivity index (χ0n) is 18.7. The van der Waals surface area contributed by atoms with Crippen molar-refractivity contribution in [3.05, 3.63) is 90.1 Å². The van der Waals surface area contributed by atoms with Gasteiger partial charge in [-0.25, -0.2) is 0 Å². The minimum Gasteiger partial charge on any atom is -0.497 e. The monoisotopic (exact) mass is 442 g/mol. The number of nitrogens with zero attached hydrogens (tertiary/aromatic N) is 1. The fourth-order valence-corrected chi connectivity index (χ4v) is 3.28. The average Bonchev–Trinajstić information content (AvgIpc) is 3.32. The van der Waals surface area contributed by atoms with Gasteiger partial charge in [0, 0.05) is 28.2 Å². The fraction of sp³-hybridized carbons (Fsp3) is 0.154. The lowest BCUT2D eigenvalue weighted by molar-refractivity contribution is 0.0738. The number of methoxy groups -OCH3 is 1. The third kappa shape index (κ3) is 5.39. The number of nitrogens with one attached hydrogen (secondary N) is 3. The van der Waals surface area contributed by atoms with Gasteiger partial charge < -0.3 is 20.5 Å². The van der Waals surface area contributed by atoms with Crippen LogP contribution in [0.2, 0.25) is 0 Å². The van der Waals surface area contributed by atoms with Crippen molar-refractivity contribution in [2.75, 3.05) is 17.7 Å². The lowest BCUT2D eigenvalue weighted by Gasteiger charge is -2.13. The zero-order valence-corrected chi connectivity index (χ0v) is 18.7. The lowest BCUT2D eigenvalue weighted by Crippen LogP contribution is -2.15. The summed E-state index contributed by atoms with van der Waals surface area (Å²) in [6, 6.07) is 24.2. The van der Waals surface area contributed by atoms with E-state index in [4.69, 9.17) is 4.74 Å². The molecule has 0 unspecified atom stereocenters. The Morgan fingerprint density at radius 2 is 1.58 bits per heavy atom. The number of amides is 1. The first-order valence-electron chi connectivity index (χ1n) is 10.5. The summed E-state index contributed by atoms with van der Waals surface area (Å²) in [5.41, 5.74) is 4.47. The van der Waals surface area contributed by atoms with Crippen molar-refractivity contribution < 1.29 is 14.6 Å². The number of H-pyrrole nitrogens is 1. The van der Waals surface area contributed by atoms with Gasteiger partial charge in [0.15, 0.2) is 0 Å². The Hall–Kier alpha value is -4.10. The molecular formula is C26H26N4O3. The normalized spacial score (nSPS) is 11.2. The molecule has 4 rings (SSSR count). The molecule has 1 amide bonds. The van der Waals surface area contributed by atoms with Crippen molar-refractivity contribution >= 4 is 23.0 Å². The molecule has 168 valence electrons. The van der Waals surface area contributed by atoms with E-state index in [0.717, 1.165) is 22.6 Å². The van der Waals surface area contributed by atoms with Gasteiger partial charge in [0.05, 0.1) is 18.5 Å². The number of benzene rings is 3. The van der Waals surface area contributed by atoms with Crippen LogP contribution in [0.25, 0.3) is 11.3 Å². The molecule has 0 bridgehead atoms. The molecule has 0 aliphatic carbocycles. The number of carbonyl (C=O) groups is 1. The van der Waals surface area contributed by atoms with Gasteiger partial charge in [-0.3, -0.25) is 9.89 Å². The van der Waals surface area contributed by atoms with Crippen LogP contribution in [0.3, 0.4) is 0 Å². The van der Waals surface area contributed by atoms with Gasteiger partial charge in [-0.15, -0.1) is 0 Å². The zero-order chi connectivity index (χ0) is 23.4. The van der Waals surface area contributed by atoms with E-state index in [0.29, 0.717) is 22.7 Å². The molecular weight excluding hydrogens is 416 g/mol. The second-order valence-corrected chi connectivity index (χ2v) is 8.19. The molecule has 0 radical (unpaired) electrons. The molecule has 0 fully saturated rings. The molecule has 7 nitrogen and oxygen atoms in total. The molecule has 4 N–H and O–H groups in total. The molecule has 0 aliphatic rings. The molecule has 1 heterocycles. The van der Waals surface area contributed by atoms with Gasteiger partial charge in [0.25, 0.3) is 5.91 Å². The maximum absolute atomic E-state index is 12.5. The number of aromatic nitrogens is 2. The van der Waals surface area contributed by atoms with Gasteiger partial charge in [-0.05, 0) is 74.5 Å². The summed E-state index contributed by atoms with van der Waals surface area (Å²) in [5, 5.41) is 23.5. The van der Waals surface area contributed by atoms with Crippen LogP contribution in [-0.2, 0) is 5.60 Å². The van der Waals surface area contributed by atoms with Crippen LogP contribution < -0.4 is 15.4 Å². The molecule has 33 heavy (non-hydrogen) atoms. The minimum absolute atomic E-state index is 0.198. The largest absolute Gasteiger partial charge is 0.497 e. The summed E-state index contributed by atoms with van der Waals surface area (Å²) in [7, 11) is 1.57. The number of hydrogen-bond acceptors (Lipinski definition) is 5. The molecule has 0 spiro atoms. The molecule has 0 aliphatic heterocycles. The second-order valence-electron chi connectivity index (χ2n) is 8.19. The Labute approximate surface area is 192 Å². The number of aromatic amines is 1. The Morgan fingerprint density at radius 3 is 2.18 bits per heavy atom. The van der Waals surface area contributed by atoms with Crippen LogP contribution in [0.15, 0.2) is 78.9 Å². The summed E-state index contributed by atoms with van der Waals surface area (Å²) < 4.78 is 5.17. The highest BCUT2D eigenvalue weighted by molar-refractivity contribution is 6.04. The number of anilines is 3. The first-order chi connectivity index (χ1) is 15.8. The molecule has 7 heteroatoms. The predicted octanol–water partition coefficient (Wildman–Crippen LogP) is 5.31. The smallest absolute Gasteiger partial charge is 0.255 e. The van der Waals surface area contributed by atoms with Gasteiger partial charge in [-0.2, -0.15) is 5.10 Å². The Balaban J connectivity index is 1.38. The van der Waals surface area contributed by atoms with E-state index in [9.17, 15) is 9.90 Å². The topological polar surface area (TPSA) is 99.3 Å². The third-order valence-electron chi connectivity index (χ3n) is 5.18. The van der Waals surface area contributed by atoms with E-state index in [2.05, 4.69) is 20.8 Å². The third-order valence-corrected chi connectivity index (χ3v) is 5.18. The van der Waals surface area contributed by atoms with Gasteiger partial charge in [-0.1, -0.05) is 18.2 Å². The van der Waals surface area contributed by atoms with Crippen LogP contribution in [0.4, 0.5) is 17.1 Å². The van der Waals surface area contributed by atoms with E-state index >= 15 is 0 Å². The van der Waals surface area contributed by atoms with Gasteiger partial charge in [0.1, 0.15) is 11.4 Å². The van der Waals surface area contributed by atoms with Crippen molar-refractivity contribution in [3.8, 4) is 17.0 Å². The van der Waals surface area contributed by atoms with Gasteiger partial charge >= 0.3 is 0 Å². The summed E-state index contributed by atoms with van der Waals surface area (Å²) >= 11 is 0. The average molecular weight is 443 g/mol. The highest BCUT2D eigenvalue weighted by Gasteiger charge is 2.19. The molecule has 0 saturated heterocycles. The van der Waals surface area contributed by atoms with Gasteiger partial charge in [0.2, 0.25) is 0 Å². The van der Waals surface area contributed by atoms with E-state index in [1.807, 2.05) is 54.6 Å². The van der Waals surface area contributed by atoms with Crippen LogP contribution in [0.1, 0.15) is 29.9 Å². The standard InChI is InChI=1S/C26H26N4O3/c1-26(2,32)24-16-23(29-30-24)17-7-9-19(10-8-17)27-20-11-13-21(14-12-20)28-25(31)18-5-4-6-22(15-18)33-3/h4-16,27,32H,1-3H3,(H,28,31)(H,29,30). The summed E-state index contributed by atoms with van der Waals surface area (Å²) in [4.78, 5) is 12.5. The number of carbonyl (C=O) groups excluding carboxylic acids is 1. The Bertz CT molecular complexity index is 1240.